The van der Waals surface area contributed by atoms with Crippen LogP contribution in [-0.2, 0) is 4.79 Å². The maximum absolute atomic E-state index is 14.1. The van der Waals surface area contributed by atoms with Gasteiger partial charge in [0.05, 0.1) is 24.9 Å². The summed E-state index contributed by atoms with van der Waals surface area (Å²) in [6, 6.07) is 2.71. The Labute approximate surface area is 153 Å². The normalized spacial score (nSPS) is 21.1. The van der Waals surface area contributed by atoms with Gasteiger partial charge in [-0.05, 0) is 18.9 Å². The Balaban J connectivity index is 1.59. The summed E-state index contributed by atoms with van der Waals surface area (Å²) in [5.41, 5.74) is 1.37. The number of aromatic amines is 1. The second kappa shape index (κ2) is 6.49. The van der Waals surface area contributed by atoms with E-state index in [1.165, 1.54) is 19.2 Å². The fourth-order valence-electron chi connectivity index (χ4n) is 3.67. The van der Waals surface area contributed by atoms with Crippen molar-refractivity contribution in [3.8, 4) is 17.1 Å². The third kappa shape index (κ3) is 2.94. The van der Waals surface area contributed by atoms with Gasteiger partial charge in [0, 0.05) is 29.8 Å². The maximum Gasteiger partial charge on any atom is 0.306 e. The first-order chi connectivity index (χ1) is 13.0. The van der Waals surface area contributed by atoms with Crippen molar-refractivity contribution in [2.75, 3.05) is 7.11 Å². The van der Waals surface area contributed by atoms with Gasteiger partial charge in [0.15, 0.2) is 5.82 Å². The third-order valence-electron chi connectivity index (χ3n) is 5.00. The molecule has 8 nitrogen and oxygen atoms in total. The molecular formula is C18H17FN4O4. The van der Waals surface area contributed by atoms with Crippen LogP contribution in [-0.4, -0.2) is 50.2 Å². The quantitative estimate of drug-likeness (QED) is 0.852. The predicted molar refractivity (Wildman–Crippen MR) is 91.3 cm³/mol. The third-order valence-corrected chi connectivity index (χ3v) is 5.00. The first kappa shape index (κ1) is 17.2. The van der Waals surface area contributed by atoms with E-state index in [1.54, 1.807) is 4.90 Å². The van der Waals surface area contributed by atoms with Gasteiger partial charge in [-0.15, -0.1) is 0 Å². The first-order valence-corrected chi connectivity index (χ1v) is 8.48. The Kier molecular flexibility index (Phi) is 4.14. The van der Waals surface area contributed by atoms with Crippen molar-refractivity contribution in [1.29, 1.82) is 0 Å². The van der Waals surface area contributed by atoms with Gasteiger partial charge in [0.2, 0.25) is 5.88 Å². The van der Waals surface area contributed by atoms with Gasteiger partial charge in [0.1, 0.15) is 5.69 Å². The minimum atomic E-state index is -0.842. The Morgan fingerprint density at radius 3 is 2.93 bits per heavy atom. The molecule has 1 unspecified atom stereocenters. The number of hydrogen-bond donors (Lipinski definition) is 2. The number of hydrogen-bond acceptors (Lipinski definition) is 5. The highest BCUT2D eigenvalue weighted by molar-refractivity contribution is 5.95. The number of fused-ring (bicyclic) bond motifs is 2. The number of nitrogens with one attached hydrogen (secondary N) is 1. The van der Waals surface area contributed by atoms with Crippen molar-refractivity contribution >= 4 is 11.9 Å². The second-order valence-electron chi connectivity index (χ2n) is 6.61. The molecule has 1 fully saturated rings. The fourth-order valence-corrected chi connectivity index (χ4v) is 3.67. The minimum Gasteiger partial charge on any atom is -0.481 e. The van der Waals surface area contributed by atoms with Gasteiger partial charge in [-0.1, -0.05) is 6.08 Å². The number of ether oxygens (including phenoxy) is 1. The number of pyridine rings is 1. The Bertz CT molecular complexity index is 955. The van der Waals surface area contributed by atoms with Crippen molar-refractivity contribution in [3.63, 3.8) is 0 Å². The zero-order valence-corrected chi connectivity index (χ0v) is 14.5. The van der Waals surface area contributed by atoms with Crippen LogP contribution >= 0.6 is 0 Å². The van der Waals surface area contributed by atoms with Gasteiger partial charge < -0.3 is 14.7 Å². The zero-order chi connectivity index (χ0) is 19.1. The molecule has 2 bridgehead atoms. The number of nitrogens with zero attached hydrogens (tertiary/aromatic N) is 3. The molecular weight excluding hydrogens is 355 g/mol. The highest BCUT2D eigenvalue weighted by Crippen LogP contribution is 2.39. The number of H-pyrrole nitrogens is 1. The van der Waals surface area contributed by atoms with Crippen LogP contribution < -0.4 is 4.74 Å². The van der Waals surface area contributed by atoms with E-state index >= 15 is 0 Å². The van der Waals surface area contributed by atoms with E-state index in [2.05, 4.69) is 15.2 Å². The Morgan fingerprint density at radius 1 is 1.41 bits per heavy atom. The van der Waals surface area contributed by atoms with Crippen LogP contribution in [0.15, 0.2) is 30.1 Å². The number of halogens is 1. The predicted octanol–water partition coefficient (Wildman–Crippen LogP) is 2.21. The molecule has 2 aliphatic heterocycles. The standard InChI is InChI=1S/C18H17FN4O4/c1-27-16-6-12(13(19)8-20-16)14-7-15(22-21-14)17(24)23-10-2-3-11(23)5-9(4-10)18(25)26/h2,6-9,11H,3-5H2,1H3,(H,21,22)(H,25,26)/t9-,11?/m1/s1. The van der Waals surface area contributed by atoms with Crippen LogP contribution in [0, 0.1) is 11.7 Å². The van der Waals surface area contributed by atoms with E-state index in [0.717, 1.165) is 11.9 Å². The molecule has 9 heteroatoms. The summed E-state index contributed by atoms with van der Waals surface area (Å²) in [7, 11) is 1.42. The number of carbonyl (C=O) groups is 2. The number of carboxylic acids is 1. The lowest BCUT2D eigenvalue weighted by molar-refractivity contribution is -0.143. The van der Waals surface area contributed by atoms with Crippen molar-refractivity contribution in [1.82, 2.24) is 20.1 Å². The lowest BCUT2D eigenvalue weighted by Crippen LogP contribution is -2.42. The number of methoxy groups -OCH3 is 1. The van der Waals surface area contributed by atoms with Crippen molar-refractivity contribution in [2.24, 2.45) is 5.92 Å². The second-order valence-corrected chi connectivity index (χ2v) is 6.61. The van der Waals surface area contributed by atoms with Crippen LogP contribution in [0.3, 0.4) is 0 Å². The number of amides is 1. The summed E-state index contributed by atoms with van der Waals surface area (Å²) in [6.07, 6.45) is 4.33. The SMILES string of the molecule is COc1cc(-c2cc(C(=O)N3C4=CCC3C[C@H](C(=O)O)C4)[nH]n2)c(F)cn1. The average Bonchev–Trinajstić information content (AvgIpc) is 3.24. The minimum absolute atomic E-state index is 0.170. The molecule has 0 radical (unpaired) electrons. The molecule has 2 aromatic rings. The van der Waals surface area contributed by atoms with E-state index in [9.17, 15) is 19.1 Å². The van der Waals surface area contributed by atoms with Gasteiger partial charge in [-0.3, -0.25) is 14.7 Å². The topological polar surface area (TPSA) is 108 Å². The van der Waals surface area contributed by atoms with E-state index in [0.29, 0.717) is 19.3 Å². The first-order valence-electron chi connectivity index (χ1n) is 8.48. The summed E-state index contributed by atoms with van der Waals surface area (Å²) >= 11 is 0. The molecule has 2 aliphatic rings. The summed E-state index contributed by atoms with van der Waals surface area (Å²) < 4.78 is 19.1. The highest BCUT2D eigenvalue weighted by atomic mass is 19.1. The summed E-state index contributed by atoms with van der Waals surface area (Å²) in [5, 5.41) is 15.9. The molecule has 1 saturated heterocycles. The van der Waals surface area contributed by atoms with Crippen LogP contribution in [0.25, 0.3) is 11.3 Å². The molecule has 1 amide bonds. The number of piperidine rings is 1. The number of carbonyl (C=O) groups excluding carboxylic acids is 1. The maximum atomic E-state index is 14.1. The molecule has 140 valence electrons. The van der Waals surface area contributed by atoms with Gasteiger partial charge in [-0.2, -0.15) is 5.10 Å². The molecule has 0 saturated carbocycles. The van der Waals surface area contributed by atoms with Gasteiger partial charge in [0.25, 0.3) is 5.91 Å². The average molecular weight is 372 g/mol. The molecule has 0 aromatic carbocycles. The lowest BCUT2D eigenvalue weighted by atomic mass is 9.91. The van der Waals surface area contributed by atoms with Gasteiger partial charge >= 0.3 is 5.97 Å². The van der Waals surface area contributed by atoms with E-state index in [4.69, 9.17) is 4.74 Å². The number of rotatable bonds is 4. The number of aliphatic carboxylic acids is 1. The molecule has 0 spiro atoms. The van der Waals surface area contributed by atoms with Crippen LogP contribution in [0.1, 0.15) is 29.8 Å². The fraction of sp³-hybridized carbons (Fsp3) is 0.333. The molecule has 2 N–H and O–H groups in total. The van der Waals surface area contributed by atoms with E-state index in [1.807, 2.05) is 6.08 Å². The molecule has 4 heterocycles. The number of aromatic nitrogens is 3. The van der Waals surface area contributed by atoms with E-state index in [-0.39, 0.29) is 34.8 Å². The monoisotopic (exact) mass is 372 g/mol. The summed E-state index contributed by atoms with van der Waals surface area (Å²) in [6.45, 7) is 0. The Hall–Kier alpha value is -3.23. The largest absolute Gasteiger partial charge is 0.481 e. The molecule has 2 atom stereocenters. The van der Waals surface area contributed by atoms with Crippen molar-refractivity contribution in [2.45, 2.75) is 25.3 Å². The van der Waals surface area contributed by atoms with Gasteiger partial charge in [-0.25, -0.2) is 9.37 Å². The molecule has 2 aromatic heterocycles. The summed E-state index contributed by atoms with van der Waals surface area (Å²) in [5.74, 6) is -1.95. The molecule has 4 rings (SSSR count). The number of allylic oxidation sites excluding steroid dienone is 1. The van der Waals surface area contributed by atoms with E-state index < -0.39 is 17.7 Å². The smallest absolute Gasteiger partial charge is 0.306 e. The van der Waals surface area contributed by atoms with Crippen LogP contribution in [0.4, 0.5) is 4.39 Å². The Morgan fingerprint density at radius 2 is 2.22 bits per heavy atom. The molecule has 0 aliphatic carbocycles. The highest BCUT2D eigenvalue weighted by Gasteiger charge is 2.41. The molecule has 27 heavy (non-hydrogen) atoms. The van der Waals surface area contributed by atoms with Crippen molar-refractivity contribution < 1.29 is 23.8 Å². The van der Waals surface area contributed by atoms with Crippen LogP contribution in [0.2, 0.25) is 0 Å². The zero-order valence-electron chi connectivity index (χ0n) is 14.5. The lowest BCUT2D eigenvalue weighted by Gasteiger charge is -2.34. The van der Waals surface area contributed by atoms with Crippen LogP contribution in [0.5, 0.6) is 5.88 Å². The van der Waals surface area contributed by atoms with Crippen molar-refractivity contribution in [3.05, 3.63) is 41.6 Å². The number of carboxylic acid groups (broad SMARTS) is 1. The summed E-state index contributed by atoms with van der Waals surface area (Å²) in [4.78, 5) is 29.6.